The van der Waals surface area contributed by atoms with Crippen LogP contribution < -0.4 is 5.56 Å². The quantitative estimate of drug-likeness (QED) is 0.594. The summed E-state index contributed by atoms with van der Waals surface area (Å²) in [6, 6.07) is 9.94. The van der Waals surface area contributed by atoms with Crippen LogP contribution in [0.5, 0.6) is 0 Å². The summed E-state index contributed by atoms with van der Waals surface area (Å²) in [4.78, 5) is 25.0. The largest absolute Gasteiger partial charge is 0.306 e. The Morgan fingerprint density at radius 2 is 1.83 bits per heavy atom. The summed E-state index contributed by atoms with van der Waals surface area (Å²) >= 11 is 1.50. The van der Waals surface area contributed by atoms with Crippen molar-refractivity contribution in [3.8, 4) is 22.5 Å². The second-order valence-electron chi connectivity index (χ2n) is 5.80. The first-order valence-electron chi connectivity index (χ1n) is 7.63. The fourth-order valence-corrected chi connectivity index (χ4v) is 3.85. The predicted molar refractivity (Wildman–Crippen MR) is 98.4 cm³/mol. The summed E-state index contributed by atoms with van der Waals surface area (Å²) in [6.45, 7) is 4.14. The summed E-state index contributed by atoms with van der Waals surface area (Å²) in [7, 11) is 0. The first kappa shape index (κ1) is 14.8. The minimum Gasteiger partial charge on any atom is -0.306 e. The molecule has 0 amide bonds. The van der Waals surface area contributed by atoms with Crippen LogP contribution in [0.2, 0.25) is 0 Å². The molecular formula is C19H15N3OS. The monoisotopic (exact) mass is 333 g/mol. The number of thiophene rings is 1. The molecule has 4 aromatic rings. The van der Waals surface area contributed by atoms with Crippen LogP contribution in [0.4, 0.5) is 0 Å². The number of fused-ring (bicyclic) bond motifs is 1. The van der Waals surface area contributed by atoms with Crippen LogP contribution in [0, 0.1) is 13.8 Å². The number of nitrogens with one attached hydrogen (secondary N) is 1. The van der Waals surface area contributed by atoms with Crippen LogP contribution in [0.3, 0.4) is 0 Å². The zero-order chi connectivity index (χ0) is 16.7. The number of hydrogen-bond donors (Lipinski definition) is 1. The van der Waals surface area contributed by atoms with Gasteiger partial charge in [-0.1, -0.05) is 23.8 Å². The Balaban J connectivity index is 1.93. The first-order chi connectivity index (χ1) is 11.6. The molecule has 3 aromatic heterocycles. The van der Waals surface area contributed by atoms with Crippen molar-refractivity contribution in [1.29, 1.82) is 0 Å². The highest BCUT2D eigenvalue weighted by Gasteiger charge is 2.15. The maximum atomic E-state index is 12.7. The molecule has 118 valence electrons. The lowest BCUT2D eigenvalue weighted by atomic mass is 9.99. The number of aromatic amines is 1. The van der Waals surface area contributed by atoms with Gasteiger partial charge in [0.15, 0.2) is 0 Å². The minimum absolute atomic E-state index is 0.108. The van der Waals surface area contributed by atoms with Crippen LogP contribution in [-0.4, -0.2) is 15.0 Å². The molecule has 0 radical (unpaired) electrons. The van der Waals surface area contributed by atoms with Gasteiger partial charge in [-0.2, -0.15) is 0 Å². The third-order valence-electron chi connectivity index (χ3n) is 4.07. The average molecular weight is 333 g/mol. The van der Waals surface area contributed by atoms with Crippen molar-refractivity contribution in [3.05, 3.63) is 69.6 Å². The lowest BCUT2D eigenvalue weighted by Crippen LogP contribution is -2.09. The van der Waals surface area contributed by atoms with Crippen LogP contribution in [0.25, 0.3) is 32.7 Å². The van der Waals surface area contributed by atoms with Crippen LogP contribution >= 0.6 is 11.3 Å². The van der Waals surface area contributed by atoms with E-state index in [1.807, 2.05) is 17.5 Å². The van der Waals surface area contributed by atoms with Crippen molar-refractivity contribution < 1.29 is 0 Å². The van der Waals surface area contributed by atoms with E-state index in [0.717, 1.165) is 27.1 Å². The number of H-pyrrole nitrogens is 1. The molecule has 0 spiro atoms. The van der Waals surface area contributed by atoms with E-state index in [4.69, 9.17) is 0 Å². The standard InChI is InChI=1S/C19H15N3OS/c1-11-3-4-14(12(2)9-11)15-10-24-19-16(15)18(23)21-17(22-19)13-5-7-20-8-6-13/h3-10H,1-2H3,(H,21,22,23). The molecule has 0 saturated heterocycles. The Morgan fingerprint density at radius 3 is 2.58 bits per heavy atom. The SMILES string of the molecule is Cc1ccc(-c2csc3nc(-c4ccncc4)[nH]c(=O)c23)c(C)c1. The molecule has 0 atom stereocenters. The Labute approximate surface area is 142 Å². The number of rotatable bonds is 2. The summed E-state index contributed by atoms with van der Waals surface area (Å²) in [5.74, 6) is 0.573. The average Bonchev–Trinajstić information content (AvgIpc) is 3.00. The topological polar surface area (TPSA) is 58.6 Å². The van der Waals surface area contributed by atoms with E-state index in [1.165, 1.54) is 16.9 Å². The highest BCUT2D eigenvalue weighted by Crippen LogP contribution is 2.33. The molecule has 24 heavy (non-hydrogen) atoms. The van der Waals surface area contributed by atoms with Gasteiger partial charge in [-0.3, -0.25) is 9.78 Å². The third kappa shape index (κ3) is 2.43. The van der Waals surface area contributed by atoms with Crippen molar-refractivity contribution in [1.82, 2.24) is 15.0 Å². The molecule has 0 aliphatic heterocycles. The van der Waals surface area contributed by atoms with Gasteiger partial charge in [0.05, 0.1) is 5.39 Å². The number of hydrogen-bond acceptors (Lipinski definition) is 4. The van der Waals surface area contributed by atoms with E-state index in [1.54, 1.807) is 12.4 Å². The molecule has 0 bridgehead atoms. The van der Waals surface area contributed by atoms with Gasteiger partial charge in [-0.25, -0.2) is 4.98 Å². The zero-order valence-electron chi connectivity index (χ0n) is 13.3. The fourth-order valence-electron chi connectivity index (χ4n) is 2.91. The molecule has 5 heteroatoms. The van der Waals surface area contributed by atoms with Crippen LogP contribution in [0.15, 0.2) is 52.9 Å². The van der Waals surface area contributed by atoms with Gasteiger partial charge in [0, 0.05) is 28.9 Å². The smallest absolute Gasteiger partial charge is 0.260 e. The second kappa shape index (κ2) is 5.69. The van der Waals surface area contributed by atoms with Gasteiger partial charge in [0.1, 0.15) is 10.7 Å². The zero-order valence-corrected chi connectivity index (χ0v) is 14.1. The molecule has 0 saturated carbocycles. The van der Waals surface area contributed by atoms with Crippen LogP contribution in [0.1, 0.15) is 11.1 Å². The lowest BCUT2D eigenvalue weighted by Gasteiger charge is -2.06. The summed E-state index contributed by atoms with van der Waals surface area (Å²) in [6.07, 6.45) is 3.38. The van der Waals surface area contributed by atoms with Gasteiger partial charge >= 0.3 is 0 Å². The second-order valence-corrected chi connectivity index (χ2v) is 6.66. The van der Waals surface area contributed by atoms with Crippen LogP contribution in [-0.2, 0) is 0 Å². The van der Waals surface area contributed by atoms with E-state index >= 15 is 0 Å². The predicted octanol–water partition coefficient (Wildman–Crippen LogP) is 4.33. The molecule has 4 nitrogen and oxygen atoms in total. The third-order valence-corrected chi connectivity index (χ3v) is 4.94. The van der Waals surface area contributed by atoms with E-state index < -0.39 is 0 Å². The van der Waals surface area contributed by atoms with E-state index in [-0.39, 0.29) is 5.56 Å². The van der Waals surface area contributed by atoms with E-state index in [2.05, 4.69) is 47.0 Å². The summed E-state index contributed by atoms with van der Waals surface area (Å²) in [5, 5.41) is 2.67. The van der Waals surface area contributed by atoms with Crippen molar-refractivity contribution in [2.24, 2.45) is 0 Å². The van der Waals surface area contributed by atoms with Crippen molar-refractivity contribution in [2.45, 2.75) is 13.8 Å². The molecule has 3 heterocycles. The minimum atomic E-state index is -0.108. The molecule has 0 unspecified atom stereocenters. The number of nitrogens with zero attached hydrogens (tertiary/aromatic N) is 2. The number of benzene rings is 1. The highest BCUT2D eigenvalue weighted by molar-refractivity contribution is 7.17. The van der Waals surface area contributed by atoms with Gasteiger partial charge in [-0.15, -0.1) is 11.3 Å². The summed E-state index contributed by atoms with van der Waals surface area (Å²) < 4.78 is 0. The van der Waals surface area contributed by atoms with E-state index in [0.29, 0.717) is 11.2 Å². The number of aryl methyl sites for hydroxylation is 2. The fraction of sp³-hybridized carbons (Fsp3) is 0.105. The molecule has 4 rings (SSSR count). The molecular weight excluding hydrogens is 318 g/mol. The Morgan fingerprint density at radius 1 is 1.04 bits per heavy atom. The summed E-state index contributed by atoms with van der Waals surface area (Å²) in [5.41, 5.74) is 5.14. The molecule has 0 aliphatic carbocycles. The molecule has 0 aliphatic rings. The van der Waals surface area contributed by atoms with Crippen molar-refractivity contribution in [3.63, 3.8) is 0 Å². The van der Waals surface area contributed by atoms with Gasteiger partial charge in [-0.05, 0) is 37.1 Å². The van der Waals surface area contributed by atoms with Gasteiger partial charge in [0.2, 0.25) is 0 Å². The van der Waals surface area contributed by atoms with Crippen molar-refractivity contribution in [2.75, 3.05) is 0 Å². The molecule has 1 aromatic carbocycles. The normalized spacial score (nSPS) is 11.1. The Bertz CT molecular complexity index is 1100. The lowest BCUT2D eigenvalue weighted by molar-refractivity contribution is 1.18. The first-order valence-corrected chi connectivity index (χ1v) is 8.51. The maximum Gasteiger partial charge on any atom is 0.260 e. The van der Waals surface area contributed by atoms with Gasteiger partial charge in [0.25, 0.3) is 5.56 Å². The maximum absolute atomic E-state index is 12.7. The Hall–Kier alpha value is -2.79. The van der Waals surface area contributed by atoms with Crippen molar-refractivity contribution >= 4 is 21.6 Å². The van der Waals surface area contributed by atoms with Gasteiger partial charge < -0.3 is 4.98 Å². The number of aromatic nitrogens is 3. The molecule has 0 fully saturated rings. The molecule has 1 N–H and O–H groups in total. The Kier molecular flexibility index (Phi) is 3.50. The van der Waals surface area contributed by atoms with E-state index in [9.17, 15) is 4.79 Å². The highest BCUT2D eigenvalue weighted by atomic mass is 32.1. The number of pyridine rings is 1.